The Balaban J connectivity index is 1.82. The fraction of sp³-hybridized carbons (Fsp3) is 0.583. The highest BCUT2D eigenvalue weighted by molar-refractivity contribution is 5.40. The number of rotatable bonds is 3. The standard InChI is InChI=1S/C12H18N2O/c1-15-12-6-4-10(5-7-12)14-11-3-2-8-13-9-11/h2-3,8-10,12,14H,4-7H2,1H3. The Morgan fingerprint density at radius 3 is 2.73 bits per heavy atom. The average Bonchev–Trinajstić information content (AvgIpc) is 2.31. The number of pyridine rings is 1. The normalized spacial score (nSPS) is 26.2. The predicted molar refractivity (Wildman–Crippen MR) is 60.9 cm³/mol. The van der Waals surface area contributed by atoms with Gasteiger partial charge in [0.05, 0.1) is 11.8 Å². The molecule has 1 aromatic rings. The second-order valence-electron chi connectivity index (χ2n) is 4.10. The zero-order valence-corrected chi connectivity index (χ0v) is 9.15. The zero-order valence-electron chi connectivity index (χ0n) is 9.15. The fourth-order valence-electron chi connectivity index (χ4n) is 2.13. The van der Waals surface area contributed by atoms with Gasteiger partial charge < -0.3 is 10.1 Å². The Bertz CT molecular complexity index is 281. The van der Waals surface area contributed by atoms with E-state index in [2.05, 4.69) is 16.4 Å². The van der Waals surface area contributed by atoms with Crippen molar-refractivity contribution in [2.75, 3.05) is 12.4 Å². The quantitative estimate of drug-likeness (QED) is 0.824. The number of methoxy groups -OCH3 is 1. The Hall–Kier alpha value is -1.09. The van der Waals surface area contributed by atoms with Crippen LogP contribution in [0.3, 0.4) is 0 Å². The smallest absolute Gasteiger partial charge is 0.0572 e. The van der Waals surface area contributed by atoms with E-state index in [4.69, 9.17) is 4.74 Å². The van der Waals surface area contributed by atoms with Gasteiger partial charge in [0.15, 0.2) is 0 Å². The lowest BCUT2D eigenvalue weighted by atomic mass is 9.93. The van der Waals surface area contributed by atoms with Gasteiger partial charge in [0, 0.05) is 25.5 Å². The van der Waals surface area contributed by atoms with Crippen LogP contribution < -0.4 is 5.32 Å². The molecule has 0 atom stereocenters. The van der Waals surface area contributed by atoms with Gasteiger partial charge in [-0.05, 0) is 37.8 Å². The molecule has 2 rings (SSSR count). The molecule has 15 heavy (non-hydrogen) atoms. The molecular weight excluding hydrogens is 188 g/mol. The molecule has 1 aliphatic carbocycles. The van der Waals surface area contributed by atoms with Gasteiger partial charge in [0.25, 0.3) is 0 Å². The van der Waals surface area contributed by atoms with Crippen molar-refractivity contribution >= 4 is 5.69 Å². The van der Waals surface area contributed by atoms with Gasteiger partial charge in [0.2, 0.25) is 0 Å². The van der Waals surface area contributed by atoms with Gasteiger partial charge >= 0.3 is 0 Å². The Kier molecular flexibility index (Phi) is 3.56. The van der Waals surface area contributed by atoms with Crippen LogP contribution in [-0.2, 0) is 4.74 Å². The summed E-state index contributed by atoms with van der Waals surface area (Å²) in [6.45, 7) is 0. The molecule has 0 radical (unpaired) electrons. The van der Waals surface area contributed by atoms with E-state index in [0.29, 0.717) is 12.1 Å². The number of aromatic nitrogens is 1. The first-order chi connectivity index (χ1) is 7.38. The maximum atomic E-state index is 5.35. The first-order valence-electron chi connectivity index (χ1n) is 5.58. The van der Waals surface area contributed by atoms with Crippen LogP contribution >= 0.6 is 0 Å². The minimum Gasteiger partial charge on any atom is -0.381 e. The van der Waals surface area contributed by atoms with E-state index in [0.717, 1.165) is 18.5 Å². The van der Waals surface area contributed by atoms with Crippen molar-refractivity contribution in [3.8, 4) is 0 Å². The van der Waals surface area contributed by atoms with E-state index in [-0.39, 0.29) is 0 Å². The molecule has 82 valence electrons. The van der Waals surface area contributed by atoms with Crippen LogP contribution in [0.25, 0.3) is 0 Å². The van der Waals surface area contributed by atoms with E-state index < -0.39 is 0 Å². The van der Waals surface area contributed by atoms with E-state index >= 15 is 0 Å². The predicted octanol–water partition coefficient (Wildman–Crippen LogP) is 2.45. The summed E-state index contributed by atoms with van der Waals surface area (Å²) < 4.78 is 5.35. The first kappa shape index (κ1) is 10.4. The Labute approximate surface area is 90.9 Å². The summed E-state index contributed by atoms with van der Waals surface area (Å²) in [6.07, 6.45) is 8.84. The monoisotopic (exact) mass is 206 g/mol. The van der Waals surface area contributed by atoms with Crippen molar-refractivity contribution in [2.45, 2.75) is 37.8 Å². The van der Waals surface area contributed by atoms with Crippen LogP contribution in [0.15, 0.2) is 24.5 Å². The van der Waals surface area contributed by atoms with Crippen molar-refractivity contribution < 1.29 is 4.74 Å². The summed E-state index contributed by atoms with van der Waals surface area (Å²) in [5, 5.41) is 3.51. The second kappa shape index (κ2) is 5.12. The highest BCUT2D eigenvalue weighted by Gasteiger charge is 2.20. The number of hydrogen-bond donors (Lipinski definition) is 1. The molecule has 0 aliphatic heterocycles. The van der Waals surface area contributed by atoms with E-state index in [1.165, 1.54) is 12.8 Å². The number of nitrogens with one attached hydrogen (secondary N) is 1. The lowest BCUT2D eigenvalue weighted by Gasteiger charge is -2.28. The summed E-state index contributed by atoms with van der Waals surface area (Å²) in [6, 6.07) is 4.61. The van der Waals surface area contributed by atoms with Gasteiger partial charge in [-0.3, -0.25) is 4.98 Å². The molecule has 0 bridgehead atoms. The summed E-state index contributed by atoms with van der Waals surface area (Å²) in [7, 11) is 1.81. The van der Waals surface area contributed by atoms with Crippen molar-refractivity contribution in [3.63, 3.8) is 0 Å². The minimum atomic E-state index is 0.469. The third-order valence-corrected chi connectivity index (χ3v) is 3.04. The first-order valence-corrected chi connectivity index (χ1v) is 5.58. The van der Waals surface area contributed by atoms with Crippen LogP contribution in [0, 0.1) is 0 Å². The minimum absolute atomic E-state index is 0.469. The molecule has 1 fully saturated rings. The Morgan fingerprint density at radius 2 is 2.13 bits per heavy atom. The number of ether oxygens (including phenoxy) is 1. The molecule has 3 nitrogen and oxygen atoms in total. The molecule has 1 aromatic heterocycles. The maximum Gasteiger partial charge on any atom is 0.0572 e. The van der Waals surface area contributed by atoms with Crippen molar-refractivity contribution in [1.29, 1.82) is 0 Å². The molecule has 0 aromatic carbocycles. The van der Waals surface area contributed by atoms with Gasteiger partial charge in [-0.2, -0.15) is 0 Å². The molecule has 0 spiro atoms. The van der Waals surface area contributed by atoms with Crippen LogP contribution in [0.5, 0.6) is 0 Å². The van der Waals surface area contributed by atoms with E-state index in [1.54, 1.807) is 13.3 Å². The van der Waals surface area contributed by atoms with E-state index in [1.807, 2.05) is 12.3 Å². The summed E-state index contributed by atoms with van der Waals surface area (Å²) in [5.41, 5.74) is 1.12. The molecule has 0 unspecified atom stereocenters. The van der Waals surface area contributed by atoms with Crippen LogP contribution in [0.1, 0.15) is 25.7 Å². The fourth-order valence-corrected chi connectivity index (χ4v) is 2.13. The molecule has 1 heterocycles. The largest absolute Gasteiger partial charge is 0.381 e. The van der Waals surface area contributed by atoms with Crippen LogP contribution in [0.4, 0.5) is 5.69 Å². The summed E-state index contributed by atoms with van der Waals surface area (Å²) in [4.78, 5) is 4.09. The number of hydrogen-bond acceptors (Lipinski definition) is 3. The molecule has 1 aliphatic rings. The van der Waals surface area contributed by atoms with Crippen LogP contribution in [-0.4, -0.2) is 24.2 Å². The molecule has 0 saturated heterocycles. The van der Waals surface area contributed by atoms with Crippen molar-refractivity contribution in [1.82, 2.24) is 4.98 Å². The van der Waals surface area contributed by atoms with Gasteiger partial charge in [-0.1, -0.05) is 0 Å². The van der Waals surface area contributed by atoms with Crippen molar-refractivity contribution in [2.24, 2.45) is 0 Å². The molecular formula is C12H18N2O. The third kappa shape index (κ3) is 2.93. The van der Waals surface area contributed by atoms with E-state index in [9.17, 15) is 0 Å². The van der Waals surface area contributed by atoms with Gasteiger partial charge in [0.1, 0.15) is 0 Å². The summed E-state index contributed by atoms with van der Waals surface area (Å²) >= 11 is 0. The van der Waals surface area contributed by atoms with Crippen LogP contribution in [0.2, 0.25) is 0 Å². The number of anilines is 1. The average molecular weight is 206 g/mol. The lowest BCUT2D eigenvalue weighted by Crippen LogP contribution is -2.29. The maximum absolute atomic E-state index is 5.35. The molecule has 3 heteroatoms. The summed E-state index contributed by atoms with van der Waals surface area (Å²) in [5.74, 6) is 0. The van der Waals surface area contributed by atoms with Crippen molar-refractivity contribution in [3.05, 3.63) is 24.5 Å². The SMILES string of the molecule is COC1CCC(Nc2cccnc2)CC1. The number of nitrogens with zero attached hydrogens (tertiary/aromatic N) is 1. The Morgan fingerprint density at radius 1 is 1.33 bits per heavy atom. The second-order valence-corrected chi connectivity index (χ2v) is 4.10. The highest BCUT2D eigenvalue weighted by Crippen LogP contribution is 2.23. The van der Waals surface area contributed by atoms with Gasteiger partial charge in [-0.15, -0.1) is 0 Å². The molecule has 0 amide bonds. The molecule has 1 N–H and O–H groups in total. The lowest BCUT2D eigenvalue weighted by molar-refractivity contribution is 0.0682. The molecule has 1 saturated carbocycles. The zero-order chi connectivity index (χ0) is 10.5. The highest BCUT2D eigenvalue weighted by atomic mass is 16.5. The third-order valence-electron chi connectivity index (χ3n) is 3.04. The topological polar surface area (TPSA) is 34.1 Å². The van der Waals surface area contributed by atoms with Gasteiger partial charge in [-0.25, -0.2) is 0 Å².